The number of aliphatic hydroxyl groups is 1. The van der Waals surface area contributed by atoms with Crippen LogP contribution in [0.3, 0.4) is 0 Å². The molecule has 0 unspecified atom stereocenters. The number of hydrogen-bond acceptors (Lipinski definition) is 6. The summed E-state index contributed by atoms with van der Waals surface area (Å²) in [4.78, 5) is 13.8. The van der Waals surface area contributed by atoms with Crippen LogP contribution >= 0.6 is 22.7 Å². The van der Waals surface area contributed by atoms with E-state index in [4.69, 9.17) is 5.11 Å². The number of aromatic amines is 1. The molecule has 3 N–H and O–H groups in total. The minimum Gasteiger partial charge on any atom is -0.391 e. The Kier molecular flexibility index (Phi) is 3.97. The van der Waals surface area contributed by atoms with Crippen LogP contribution in [-0.2, 0) is 23.2 Å². The molecule has 2 heterocycles. The highest BCUT2D eigenvalue weighted by molar-refractivity contribution is 7.91. The van der Waals surface area contributed by atoms with E-state index < -0.39 is 10.0 Å². The zero-order chi connectivity index (χ0) is 13.2. The van der Waals surface area contributed by atoms with Crippen molar-refractivity contribution in [2.75, 3.05) is 0 Å². The van der Waals surface area contributed by atoms with E-state index >= 15 is 0 Å². The Morgan fingerprint density at radius 1 is 1.39 bits per heavy atom. The first-order chi connectivity index (χ1) is 8.51. The Hall–Kier alpha value is -1.00. The average molecular weight is 306 g/mol. The summed E-state index contributed by atoms with van der Waals surface area (Å²) in [6.07, 6.45) is 0. The molecule has 2 aromatic heterocycles. The fraction of sp³-hybridized carbons (Fsp3) is 0.222. The zero-order valence-corrected chi connectivity index (χ0v) is 11.5. The summed E-state index contributed by atoms with van der Waals surface area (Å²) < 4.78 is 26.3. The van der Waals surface area contributed by atoms with Gasteiger partial charge < -0.3 is 10.1 Å². The number of H-pyrrole nitrogens is 1. The molecule has 0 saturated carbocycles. The van der Waals surface area contributed by atoms with Gasteiger partial charge in [-0.25, -0.2) is 13.1 Å². The monoisotopic (exact) mass is 306 g/mol. The fourth-order valence-electron chi connectivity index (χ4n) is 1.23. The van der Waals surface area contributed by atoms with Gasteiger partial charge in [-0.1, -0.05) is 11.3 Å². The van der Waals surface area contributed by atoms with Gasteiger partial charge >= 0.3 is 4.87 Å². The topological polar surface area (TPSA) is 99.3 Å². The highest BCUT2D eigenvalue weighted by Gasteiger charge is 2.16. The summed E-state index contributed by atoms with van der Waals surface area (Å²) in [5.41, 5.74) is 0.521. The van der Waals surface area contributed by atoms with E-state index in [2.05, 4.69) is 9.71 Å². The number of hydrogen-bond donors (Lipinski definition) is 3. The number of aromatic nitrogens is 1. The SMILES string of the molecule is O=c1[nH]c(CNS(=O)(=O)c2ccc(CO)s2)cs1. The van der Waals surface area contributed by atoms with E-state index in [0.717, 1.165) is 22.7 Å². The molecule has 2 rings (SSSR count). The fourth-order valence-corrected chi connectivity index (χ4v) is 4.08. The van der Waals surface area contributed by atoms with E-state index in [0.29, 0.717) is 10.6 Å². The molecular formula is C9H10N2O4S3. The molecule has 18 heavy (non-hydrogen) atoms. The van der Waals surface area contributed by atoms with Crippen LogP contribution in [0.15, 0.2) is 26.5 Å². The van der Waals surface area contributed by atoms with Gasteiger partial charge in [0.15, 0.2) is 0 Å². The van der Waals surface area contributed by atoms with Crippen LogP contribution in [0.1, 0.15) is 10.6 Å². The first-order valence-electron chi connectivity index (χ1n) is 4.87. The van der Waals surface area contributed by atoms with Gasteiger partial charge in [-0.2, -0.15) is 0 Å². The van der Waals surface area contributed by atoms with Gasteiger partial charge in [-0.3, -0.25) is 4.79 Å². The van der Waals surface area contributed by atoms with Crippen molar-refractivity contribution in [1.29, 1.82) is 0 Å². The van der Waals surface area contributed by atoms with E-state index in [1.165, 1.54) is 6.07 Å². The Bertz CT molecular complexity index is 682. The molecule has 0 aliphatic carbocycles. The normalized spacial score (nSPS) is 11.8. The summed E-state index contributed by atoms with van der Waals surface area (Å²) in [5, 5.41) is 10.5. The maximum Gasteiger partial charge on any atom is 0.304 e. The van der Waals surface area contributed by atoms with Crippen LogP contribution in [-0.4, -0.2) is 18.5 Å². The molecule has 0 atom stereocenters. The Balaban J connectivity index is 2.10. The van der Waals surface area contributed by atoms with E-state index in [-0.39, 0.29) is 22.2 Å². The van der Waals surface area contributed by atoms with Crippen molar-refractivity contribution < 1.29 is 13.5 Å². The number of rotatable bonds is 5. The van der Waals surface area contributed by atoms with Crippen molar-refractivity contribution in [2.45, 2.75) is 17.4 Å². The van der Waals surface area contributed by atoms with E-state index in [9.17, 15) is 13.2 Å². The van der Waals surface area contributed by atoms with E-state index in [1.807, 2.05) is 0 Å². The van der Waals surface area contributed by atoms with Crippen LogP contribution < -0.4 is 9.60 Å². The second-order valence-corrected chi connectivity index (χ2v) is 7.38. The first kappa shape index (κ1) is 13.4. The van der Waals surface area contributed by atoms with Gasteiger partial charge in [0.1, 0.15) is 4.21 Å². The predicted octanol–water partition coefficient (Wildman–Crippen LogP) is 0.469. The molecule has 2 aromatic rings. The van der Waals surface area contributed by atoms with Crippen LogP contribution in [0.5, 0.6) is 0 Å². The maximum atomic E-state index is 11.9. The highest BCUT2D eigenvalue weighted by Crippen LogP contribution is 2.21. The zero-order valence-electron chi connectivity index (χ0n) is 9.04. The molecule has 0 aromatic carbocycles. The predicted molar refractivity (Wildman–Crippen MR) is 69.2 cm³/mol. The molecule has 98 valence electrons. The van der Waals surface area contributed by atoms with Gasteiger partial charge in [0, 0.05) is 16.0 Å². The maximum absolute atomic E-state index is 11.9. The molecule has 0 radical (unpaired) electrons. The Morgan fingerprint density at radius 3 is 2.72 bits per heavy atom. The van der Waals surface area contributed by atoms with Crippen molar-refractivity contribution in [3.8, 4) is 0 Å². The summed E-state index contributed by atoms with van der Waals surface area (Å²) in [6, 6.07) is 3.00. The summed E-state index contributed by atoms with van der Waals surface area (Å²) >= 11 is 1.99. The van der Waals surface area contributed by atoms with Crippen molar-refractivity contribution in [3.05, 3.63) is 37.8 Å². The van der Waals surface area contributed by atoms with Crippen LogP contribution in [0.2, 0.25) is 0 Å². The molecule has 0 spiro atoms. The molecule has 0 saturated heterocycles. The summed E-state index contributed by atoms with van der Waals surface area (Å²) in [7, 11) is -3.60. The Labute approximate surface area is 111 Å². The van der Waals surface area contributed by atoms with E-state index in [1.54, 1.807) is 11.4 Å². The van der Waals surface area contributed by atoms with Gasteiger partial charge in [-0.15, -0.1) is 11.3 Å². The van der Waals surface area contributed by atoms with Gasteiger partial charge in [0.25, 0.3) is 0 Å². The largest absolute Gasteiger partial charge is 0.391 e. The smallest absolute Gasteiger partial charge is 0.304 e. The van der Waals surface area contributed by atoms with Crippen molar-refractivity contribution in [2.24, 2.45) is 0 Å². The van der Waals surface area contributed by atoms with Gasteiger partial charge in [-0.05, 0) is 12.1 Å². The van der Waals surface area contributed by atoms with Crippen molar-refractivity contribution in [1.82, 2.24) is 9.71 Å². The second kappa shape index (κ2) is 5.33. The minimum absolute atomic E-state index is 0.0352. The third-order valence-electron chi connectivity index (χ3n) is 2.08. The van der Waals surface area contributed by atoms with Crippen LogP contribution in [0.25, 0.3) is 0 Å². The number of sulfonamides is 1. The molecule has 0 aliphatic rings. The number of thiazole rings is 1. The van der Waals surface area contributed by atoms with Crippen molar-refractivity contribution >= 4 is 32.7 Å². The van der Waals surface area contributed by atoms with Crippen LogP contribution in [0.4, 0.5) is 0 Å². The number of thiophene rings is 1. The summed E-state index contributed by atoms with van der Waals surface area (Å²) in [5.74, 6) is 0. The lowest BCUT2D eigenvalue weighted by atomic mass is 10.5. The standard InChI is InChI=1S/C9H10N2O4S3/c12-4-7-1-2-8(17-7)18(14,15)10-3-6-5-16-9(13)11-6/h1-2,5,10,12H,3-4H2,(H,11,13). The summed E-state index contributed by atoms with van der Waals surface area (Å²) in [6.45, 7) is -0.147. The lowest BCUT2D eigenvalue weighted by Crippen LogP contribution is -2.22. The lowest BCUT2D eigenvalue weighted by molar-refractivity contribution is 0.285. The van der Waals surface area contributed by atoms with Gasteiger partial charge in [0.05, 0.1) is 13.2 Å². The molecule has 6 nitrogen and oxygen atoms in total. The van der Waals surface area contributed by atoms with Crippen LogP contribution in [0, 0.1) is 0 Å². The van der Waals surface area contributed by atoms with Gasteiger partial charge in [0.2, 0.25) is 10.0 Å². The second-order valence-electron chi connectivity index (χ2n) is 3.38. The van der Waals surface area contributed by atoms with Crippen molar-refractivity contribution in [3.63, 3.8) is 0 Å². The molecule has 0 fully saturated rings. The molecular weight excluding hydrogens is 296 g/mol. The first-order valence-corrected chi connectivity index (χ1v) is 8.05. The highest BCUT2D eigenvalue weighted by atomic mass is 32.2. The molecule has 9 heteroatoms. The Morgan fingerprint density at radius 2 is 2.17 bits per heavy atom. The molecule has 0 aliphatic heterocycles. The number of nitrogens with one attached hydrogen (secondary N) is 2. The minimum atomic E-state index is -3.60. The molecule has 0 amide bonds. The quantitative estimate of drug-likeness (QED) is 0.747. The lowest BCUT2D eigenvalue weighted by Gasteiger charge is -2.02. The molecule has 0 bridgehead atoms. The third-order valence-corrected chi connectivity index (χ3v) is 5.76. The average Bonchev–Trinajstić information content (AvgIpc) is 2.95. The number of aliphatic hydroxyl groups excluding tert-OH is 1. The third kappa shape index (κ3) is 3.06.